The molecule has 0 amide bonds. The van der Waals surface area contributed by atoms with Gasteiger partial charge in [-0.15, -0.1) is 0 Å². The zero-order valence-electron chi connectivity index (χ0n) is 16.6. The average Bonchev–Trinajstić information content (AvgIpc) is 2.99. The summed E-state index contributed by atoms with van der Waals surface area (Å²) in [4.78, 5) is 9.26. The minimum Gasteiger partial charge on any atom is -0.324 e. The van der Waals surface area contributed by atoms with Crippen LogP contribution >= 0.6 is 0 Å². The molecule has 1 heterocycles. The van der Waals surface area contributed by atoms with Crippen LogP contribution in [0.25, 0.3) is 5.57 Å². The molecule has 0 radical (unpaired) electrons. The van der Waals surface area contributed by atoms with Crippen molar-refractivity contribution < 1.29 is 0 Å². The van der Waals surface area contributed by atoms with Crippen molar-refractivity contribution in [3.05, 3.63) is 76.9 Å². The quantitative estimate of drug-likeness (QED) is 0.726. The van der Waals surface area contributed by atoms with Crippen LogP contribution in [0.1, 0.15) is 43.0 Å². The standard InChI is InChI=1S/C24H25N3/c1-17-10-9-11-18(2)20(17)14-15-25-23-21(19-12-7-6-8-13-19)16-22(26-23)27-24(3,4)5/h6-13,16H,1-5H3,(H,25,26,27). The van der Waals surface area contributed by atoms with Gasteiger partial charge in [0.2, 0.25) is 0 Å². The Kier molecular flexibility index (Phi) is 5.28. The molecule has 3 nitrogen and oxygen atoms in total. The van der Waals surface area contributed by atoms with E-state index in [1.54, 1.807) is 0 Å². The van der Waals surface area contributed by atoms with Crippen molar-refractivity contribution in [2.24, 2.45) is 9.98 Å². The highest BCUT2D eigenvalue weighted by Crippen LogP contribution is 2.20. The van der Waals surface area contributed by atoms with E-state index in [0.29, 0.717) is 0 Å². The Hall–Kier alpha value is -3.12. The van der Waals surface area contributed by atoms with Gasteiger partial charge >= 0.3 is 0 Å². The molecule has 2 aromatic carbocycles. The monoisotopic (exact) mass is 355 g/mol. The molecule has 0 atom stereocenters. The number of nitrogens with one attached hydrogen (secondary N) is 1. The highest BCUT2D eigenvalue weighted by molar-refractivity contribution is 6.37. The summed E-state index contributed by atoms with van der Waals surface area (Å²) in [6.07, 6.45) is 2.04. The fraction of sp³-hybridized carbons (Fsp3) is 0.250. The average molecular weight is 355 g/mol. The van der Waals surface area contributed by atoms with E-state index >= 15 is 0 Å². The number of amidine groups is 2. The smallest absolute Gasteiger partial charge is 0.150 e. The lowest BCUT2D eigenvalue weighted by atomic mass is 10.0. The third-order valence-corrected chi connectivity index (χ3v) is 4.15. The lowest BCUT2D eigenvalue weighted by Gasteiger charge is -2.12. The predicted molar refractivity (Wildman–Crippen MR) is 115 cm³/mol. The zero-order valence-corrected chi connectivity index (χ0v) is 16.6. The zero-order chi connectivity index (χ0) is 19.4. The van der Waals surface area contributed by atoms with Gasteiger partial charge in [0.15, 0.2) is 0 Å². The number of rotatable bonds is 1. The summed E-state index contributed by atoms with van der Waals surface area (Å²) in [6, 6.07) is 19.4. The molecule has 0 bridgehead atoms. The van der Waals surface area contributed by atoms with Gasteiger partial charge in [0.25, 0.3) is 0 Å². The van der Waals surface area contributed by atoms with Crippen molar-refractivity contribution in [1.29, 1.82) is 0 Å². The molecule has 27 heavy (non-hydrogen) atoms. The first kappa shape index (κ1) is 18.7. The van der Waals surface area contributed by atoms with Crippen LogP contribution in [-0.4, -0.2) is 17.2 Å². The summed E-state index contributed by atoms with van der Waals surface area (Å²) < 4.78 is 0. The molecule has 0 fully saturated rings. The van der Waals surface area contributed by atoms with E-state index in [1.165, 1.54) is 0 Å². The number of benzene rings is 2. The molecular weight excluding hydrogens is 330 g/mol. The summed E-state index contributed by atoms with van der Waals surface area (Å²) in [7, 11) is 0. The first-order valence-corrected chi connectivity index (χ1v) is 9.13. The Balaban J connectivity index is 1.99. The van der Waals surface area contributed by atoms with Gasteiger partial charge in [-0.3, -0.25) is 4.99 Å². The van der Waals surface area contributed by atoms with E-state index in [4.69, 9.17) is 4.99 Å². The number of hydrogen-bond acceptors (Lipinski definition) is 2. The van der Waals surface area contributed by atoms with Gasteiger partial charge in [0, 0.05) is 17.2 Å². The second-order valence-electron chi connectivity index (χ2n) is 7.68. The van der Waals surface area contributed by atoms with Crippen LogP contribution in [0.5, 0.6) is 0 Å². The molecule has 0 spiro atoms. The molecule has 2 aromatic rings. The molecule has 3 heteroatoms. The lowest BCUT2D eigenvalue weighted by molar-refractivity contribution is 0.583. The number of aliphatic imine (C=N–C) groups is 2. The van der Waals surface area contributed by atoms with E-state index in [9.17, 15) is 0 Å². The molecule has 0 aliphatic carbocycles. The molecular formula is C24H25N3. The first-order chi connectivity index (χ1) is 12.8. The maximum atomic E-state index is 4.73. The van der Waals surface area contributed by atoms with Gasteiger partial charge in [0.1, 0.15) is 11.7 Å². The minimum absolute atomic E-state index is 0.167. The third kappa shape index (κ3) is 4.74. The summed E-state index contributed by atoms with van der Waals surface area (Å²) >= 11 is 0. The summed E-state index contributed by atoms with van der Waals surface area (Å²) in [5.41, 5.74) is 5.30. The third-order valence-electron chi connectivity index (χ3n) is 4.15. The van der Waals surface area contributed by atoms with E-state index < -0.39 is 0 Å². The Morgan fingerprint density at radius 1 is 0.889 bits per heavy atom. The van der Waals surface area contributed by atoms with Crippen molar-refractivity contribution in [2.45, 2.75) is 40.2 Å². The number of hydrogen-bond donors (Lipinski definition) is 1. The molecule has 3 rings (SSSR count). The molecule has 0 unspecified atom stereocenters. The fourth-order valence-electron chi connectivity index (χ4n) is 2.93. The van der Waals surface area contributed by atoms with Crippen LogP contribution < -0.4 is 5.32 Å². The van der Waals surface area contributed by atoms with Crippen molar-refractivity contribution >= 4 is 17.2 Å². The molecule has 0 saturated heterocycles. The highest BCUT2D eigenvalue weighted by atomic mass is 15.1. The van der Waals surface area contributed by atoms with Crippen LogP contribution in [0.3, 0.4) is 0 Å². The largest absolute Gasteiger partial charge is 0.324 e. The summed E-state index contributed by atoms with van der Waals surface area (Å²) in [6.45, 7) is 10.4. The van der Waals surface area contributed by atoms with Crippen molar-refractivity contribution in [3.8, 4) is 12.0 Å². The molecule has 1 N–H and O–H groups in total. The van der Waals surface area contributed by atoms with Crippen LogP contribution in [0, 0.1) is 25.8 Å². The Morgan fingerprint density at radius 2 is 1.56 bits per heavy atom. The van der Waals surface area contributed by atoms with Crippen molar-refractivity contribution in [1.82, 2.24) is 5.32 Å². The molecule has 1 aliphatic heterocycles. The van der Waals surface area contributed by atoms with Crippen LogP contribution in [-0.2, 0) is 0 Å². The van der Waals surface area contributed by atoms with Gasteiger partial charge in [-0.05, 0) is 63.3 Å². The predicted octanol–water partition coefficient (Wildman–Crippen LogP) is 4.89. The van der Waals surface area contributed by atoms with Crippen molar-refractivity contribution in [2.75, 3.05) is 0 Å². The van der Waals surface area contributed by atoms with E-state index in [0.717, 1.165) is 39.5 Å². The Bertz CT molecular complexity index is 971. The molecule has 1 aliphatic rings. The van der Waals surface area contributed by atoms with E-state index in [1.807, 2.05) is 30.3 Å². The summed E-state index contributed by atoms with van der Waals surface area (Å²) in [5.74, 6) is 4.75. The summed E-state index contributed by atoms with van der Waals surface area (Å²) in [5, 5.41) is 3.32. The normalized spacial score (nSPS) is 16.7. The maximum absolute atomic E-state index is 4.73. The van der Waals surface area contributed by atoms with Crippen LogP contribution in [0.15, 0.2) is 64.6 Å². The lowest BCUT2D eigenvalue weighted by Crippen LogP contribution is -2.26. The second kappa shape index (κ2) is 7.63. The molecule has 0 aromatic heterocycles. The van der Waals surface area contributed by atoms with E-state index in [2.05, 4.69) is 81.2 Å². The van der Waals surface area contributed by atoms with Crippen molar-refractivity contribution in [3.63, 3.8) is 0 Å². The second-order valence-corrected chi connectivity index (χ2v) is 7.68. The Morgan fingerprint density at radius 3 is 2.19 bits per heavy atom. The fourth-order valence-corrected chi connectivity index (χ4v) is 2.93. The molecule has 136 valence electrons. The van der Waals surface area contributed by atoms with Gasteiger partial charge < -0.3 is 5.32 Å². The maximum Gasteiger partial charge on any atom is 0.150 e. The number of nitrogens with zero attached hydrogens (tertiary/aromatic N) is 2. The van der Waals surface area contributed by atoms with E-state index in [-0.39, 0.29) is 5.54 Å². The van der Waals surface area contributed by atoms with Gasteiger partial charge in [-0.1, -0.05) is 48.5 Å². The topological polar surface area (TPSA) is 36.8 Å². The SMILES string of the molecule is Cc1cccc(C)c1C#CN=C1NC(=NC(C)(C)C)C=C1c1ccccc1. The number of aryl methyl sites for hydroxylation is 2. The Labute approximate surface area is 162 Å². The van der Waals surface area contributed by atoms with Gasteiger partial charge in [-0.2, -0.15) is 4.99 Å². The van der Waals surface area contributed by atoms with Crippen LogP contribution in [0.2, 0.25) is 0 Å². The molecule has 0 saturated carbocycles. The van der Waals surface area contributed by atoms with Gasteiger partial charge in [0.05, 0.1) is 5.54 Å². The van der Waals surface area contributed by atoms with Crippen LogP contribution in [0.4, 0.5) is 0 Å². The van der Waals surface area contributed by atoms with Gasteiger partial charge in [-0.25, -0.2) is 0 Å². The first-order valence-electron chi connectivity index (χ1n) is 9.13. The minimum atomic E-state index is -0.167. The highest BCUT2D eigenvalue weighted by Gasteiger charge is 2.21.